The van der Waals surface area contributed by atoms with Crippen LogP contribution in [0.3, 0.4) is 0 Å². The summed E-state index contributed by atoms with van der Waals surface area (Å²) in [7, 11) is 0.398. The number of hydrogen-bond acceptors (Lipinski definition) is 9. The Kier molecular flexibility index (Phi) is 8.95. The van der Waals surface area contributed by atoms with E-state index >= 15 is 0 Å². The highest BCUT2D eigenvalue weighted by molar-refractivity contribution is 6.76. The minimum absolute atomic E-state index is 0.0879. The lowest BCUT2D eigenvalue weighted by molar-refractivity contribution is 0.0899. The molecule has 0 aliphatic heterocycles. The molecule has 6 rings (SSSR count). The molecule has 0 atom stereocenters. The number of oxazole rings is 1. The molecule has 1 N–H and O–H groups in total. The van der Waals surface area contributed by atoms with Gasteiger partial charge in [-0.2, -0.15) is 15.1 Å². The summed E-state index contributed by atoms with van der Waals surface area (Å²) in [5, 5.41) is 8.96. The van der Waals surface area contributed by atoms with E-state index in [0.29, 0.717) is 60.7 Å². The Balaban J connectivity index is 1.44. The van der Waals surface area contributed by atoms with Gasteiger partial charge in [-0.15, -0.1) is 0 Å². The van der Waals surface area contributed by atoms with Crippen LogP contribution in [0.25, 0.3) is 33.3 Å². The van der Waals surface area contributed by atoms with Crippen LogP contribution in [0, 0.1) is 6.92 Å². The highest BCUT2D eigenvalue weighted by Crippen LogP contribution is 2.39. The first kappa shape index (κ1) is 30.6. The number of methoxy groups -OCH3 is 1. The highest BCUT2D eigenvalue weighted by Gasteiger charge is 2.25. The average molecular weight is 638 g/mol. The van der Waals surface area contributed by atoms with E-state index in [2.05, 4.69) is 47.3 Å². The maximum absolute atomic E-state index is 6.65. The standard InChI is InChI=1S/C31H40ClN7O4Si/c1-20-34-24-11-10-21(16-26(24)42-20)23-18-38(19-41-14-15-44(3,4)5)29-27(23)30(43-22-8-6-7-9-22)37-31(36-29)35-25-17-33-39(28(25)32)12-13-40-2/h10-11,16-18,22H,6-9,12-15,19H2,1-5H3,(H,35,36,37). The first-order valence-corrected chi connectivity index (χ1v) is 19.3. The van der Waals surface area contributed by atoms with Crippen molar-refractivity contribution in [2.45, 2.75) is 77.7 Å². The third-order valence-corrected chi connectivity index (χ3v) is 9.93. The first-order valence-electron chi connectivity index (χ1n) is 15.2. The molecule has 5 aromatic rings. The lowest BCUT2D eigenvalue weighted by Gasteiger charge is -2.16. The van der Waals surface area contributed by atoms with Gasteiger partial charge in [-0.3, -0.25) is 0 Å². The molecule has 1 aliphatic carbocycles. The van der Waals surface area contributed by atoms with Crippen molar-refractivity contribution in [1.29, 1.82) is 0 Å². The van der Waals surface area contributed by atoms with E-state index in [1.54, 1.807) is 18.0 Å². The zero-order valence-electron chi connectivity index (χ0n) is 26.0. The van der Waals surface area contributed by atoms with E-state index in [9.17, 15) is 0 Å². The van der Waals surface area contributed by atoms with Crippen LogP contribution in [0.5, 0.6) is 5.88 Å². The Bertz CT molecular complexity index is 1750. The number of fused-ring (bicyclic) bond motifs is 2. The number of hydrogen-bond donors (Lipinski definition) is 1. The molecule has 1 fully saturated rings. The molecule has 234 valence electrons. The molecule has 0 saturated heterocycles. The van der Waals surface area contributed by atoms with Crippen molar-refractivity contribution in [1.82, 2.24) is 29.3 Å². The molecule has 1 saturated carbocycles. The van der Waals surface area contributed by atoms with Crippen LogP contribution in [-0.2, 0) is 22.7 Å². The van der Waals surface area contributed by atoms with Crippen molar-refractivity contribution in [2.24, 2.45) is 0 Å². The van der Waals surface area contributed by atoms with E-state index in [1.807, 2.05) is 23.6 Å². The second kappa shape index (κ2) is 12.9. The third-order valence-electron chi connectivity index (χ3n) is 7.83. The van der Waals surface area contributed by atoms with Gasteiger partial charge >= 0.3 is 0 Å². The number of halogens is 1. The van der Waals surface area contributed by atoms with Crippen LogP contribution in [-0.4, -0.2) is 63.8 Å². The number of ether oxygens (including phenoxy) is 3. The Labute approximate surface area is 262 Å². The molecule has 4 aromatic heterocycles. The third kappa shape index (κ3) is 6.78. The number of benzene rings is 1. The zero-order chi connectivity index (χ0) is 30.8. The summed E-state index contributed by atoms with van der Waals surface area (Å²) < 4.78 is 27.6. The number of nitrogens with one attached hydrogen (secondary N) is 1. The van der Waals surface area contributed by atoms with E-state index in [-0.39, 0.29) is 6.10 Å². The van der Waals surface area contributed by atoms with Crippen molar-refractivity contribution < 1.29 is 18.6 Å². The quantitative estimate of drug-likeness (QED) is 0.104. The number of nitrogens with zero attached hydrogens (tertiary/aromatic N) is 6. The second-order valence-electron chi connectivity index (χ2n) is 12.5. The van der Waals surface area contributed by atoms with Gasteiger partial charge in [0, 0.05) is 40.5 Å². The highest BCUT2D eigenvalue weighted by atomic mass is 35.5. The van der Waals surface area contributed by atoms with Gasteiger partial charge in [0.1, 0.15) is 18.4 Å². The first-order chi connectivity index (χ1) is 21.2. The molecule has 0 radical (unpaired) electrons. The maximum atomic E-state index is 6.65. The van der Waals surface area contributed by atoms with Gasteiger partial charge in [-0.1, -0.05) is 37.3 Å². The fourth-order valence-corrected chi connectivity index (χ4v) is 6.41. The van der Waals surface area contributed by atoms with E-state index in [0.717, 1.165) is 59.3 Å². The van der Waals surface area contributed by atoms with Crippen LogP contribution >= 0.6 is 11.6 Å². The van der Waals surface area contributed by atoms with E-state index in [1.165, 1.54) is 0 Å². The maximum Gasteiger partial charge on any atom is 0.232 e. The van der Waals surface area contributed by atoms with Crippen molar-refractivity contribution in [3.05, 3.63) is 41.6 Å². The van der Waals surface area contributed by atoms with Crippen LogP contribution in [0.15, 0.2) is 35.0 Å². The van der Waals surface area contributed by atoms with E-state index < -0.39 is 8.07 Å². The molecular weight excluding hydrogens is 598 g/mol. The second-order valence-corrected chi connectivity index (χ2v) is 18.5. The summed E-state index contributed by atoms with van der Waals surface area (Å²) in [4.78, 5) is 14.4. The Hall–Kier alpha value is -3.45. The molecule has 0 bridgehead atoms. The molecule has 4 heterocycles. The van der Waals surface area contributed by atoms with Gasteiger partial charge in [-0.05, 0) is 49.4 Å². The van der Waals surface area contributed by atoms with Crippen LogP contribution < -0.4 is 10.1 Å². The molecule has 13 heteroatoms. The minimum atomic E-state index is -1.25. The van der Waals surface area contributed by atoms with Crippen LogP contribution in [0.4, 0.5) is 11.6 Å². The van der Waals surface area contributed by atoms with E-state index in [4.69, 9.17) is 40.2 Å². The molecule has 0 unspecified atom stereocenters. The SMILES string of the molecule is COCCn1ncc(Nc2nc(OC3CCCC3)c3c(-c4ccc5nc(C)oc5c4)cn(COCC[Si](C)(C)C)c3n2)c1Cl. The molecule has 0 amide bonds. The Morgan fingerprint density at radius 1 is 1.11 bits per heavy atom. The van der Waals surface area contributed by atoms with Gasteiger partial charge in [0.15, 0.2) is 22.3 Å². The normalized spacial score (nSPS) is 14.3. The number of rotatable bonds is 13. The number of anilines is 2. The van der Waals surface area contributed by atoms with Crippen molar-refractivity contribution in [3.8, 4) is 17.0 Å². The van der Waals surface area contributed by atoms with Crippen molar-refractivity contribution >= 4 is 53.4 Å². The largest absolute Gasteiger partial charge is 0.474 e. The van der Waals surface area contributed by atoms with Gasteiger partial charge in [-0.25, -0.2) is 9.67 Å². The summed E-state index contributed by atoms with van der Waals surface area (Å²) in [5.74, 6) is 1.52. The van der Waals surface area contributed by atoms with Gasteiger partial charge in [0.2, 0.25) is 11.8 Å². The molecule has 1 aromatic carbocycles. The summed E-state index contributed by atoms with van der Waals surface area (Å²) in [6, 6.07) is 7.12. The molecule has 0 spiro atoms. The van der Waals surface area contributed by atoms with Gasteiger partial charge in [0.05, 0.1) is 30.4 Å². The monoisotopic (exact) mass is 637 g/mol. The van der Waals surface area contributed by atoms with Crippen LogP contribution in [0.2, 0.25) is 30.8 Å². The number of aryl methyl sites for hydroxylation is 1. The molecule has 11 nitrogen and oxygen atoms in total. The fourth-order valence-electron chi connectivity index (χ4n) is 5.43. The predicted octanol–water partition coefficient (Wildman–Crippen LogP) is 7.42. The van der Waals surface area contributed by atoms with Gasteiger partial charge < -0.3 is 28.5 Å². The van der Waals surface area contributed by atoms with Crippen molar-refractivity contribution in [3.63, 3.8) is 0 Å². The smallest absolute Gasteiger partial charge is 0.232 e. The zero-order valence-corrected chi connectivity index (χ0v) is 27.8. The summed E-state index contributed by atoms with van der Waals surface area (Å²) in [5.41, 5.74) is 4.75. The minimum Gasteiger partial charge on any atom is -0.474 e. The van der Waals surface area contributed by atoms with Crippen molar-refractivity contribution in [2.75, 3.05) is 25.6 Å². The summed E-state index contributed by atoms with van der Waals surface area (Å²) in [6.45, 7) is 11.0. The summed E-state index contributed by atoms with van der Waals surface area (Å²) in [6.07, 6.45) is 8.09. The Morgan fingerprint density at radius 3 is 2.70 bits per heavy atom. The Morgan fingerprint density at radius 2 is 1.93 bits per heavy atom. The van der Waals surface area contributed by atoms with Gasteiger partial charge in [0.25, 0.3) is 0 Å². The fraction of sp³-hybridized carbons (Fsp3) is 0.484. The predicted molar refractivity (Wildman–Crippen MR) is 175 cm³/mol. The lowest BCUT2D eigenvalue weighted by Crippen LogP contribution is -2.22. The number of aromatic nitrogens is 6. The average Bonchev–Trinajstić information content (AvgIpc) is 3.77. The molecule has 1 aliphatic rings. The molecule has 44 heavy (non-hydrogen) atoms. The lowest BCUT2D eigenvalue weighted by atomic mass is 10.1. The summed E-state index contributed by atoms with van der Waals surface area (Å²) >= 11 is 6.65. The molecular formula is C31H40ClN7O4Si. The van der Waals surface area contributed by atoms with Crippen LogP contribution in [0.1, 0.15) is 31.6 Å². The topological polar surface area (TPSA) is 114 Å².